The zero-order chi connectivity index (χ0) is 36.3. The van der Waals surface area contributed by atoms with Gasteiger partial charge in [-0.25, -0.2) is 0 Å². The van der Waals surface area contributed by atoms with Crippen molar-refractivity contribution in [1.29, 1.82) is 0 Å². The number of benzene rings is 5. The zero-order valence-corrected chi connectivity index (χ0v) is 34.6. The molecule has 0 amide bonds. The Morgan fingerprint density at radius 2 is 0.926 bits per heavy atom. The third kappa shape index (κ3) is 21.4. The van der Waals surface area contributed by atoms with Crippen LogP contribution in [0.4, 0.5) is 0 Å². The summed E-state index contributed by atoms with van der Waals surface area (Å²) in [7, 11) is 0. The maximum Gasteiger partial charge on any atom is 1.00 e. The van der Waals surface area contributed by atoms with E-state index in [-0.39, 0.29) is 72.0 Å². The van der Waals surface area contributed by atoms with Gasteiger partial charge in [-0.2, -0.15) is 0 Å². The summed E-state index contributed by atoms with van der Waals surface area (Å²) >= 11 is 0. The minimum atomic E-state index is 0. The van der Waals surface area contributed by atoms with E-state index < -0.39 is 0 Å². The molecule has 1 aliphatic carbocycles. The molecule has 2 N–H and O–H groups in total. The van der Waals surface area contributed by atoms with E-state index in [1.807, 2.05) is 24.3 Å². The molecule has 0 bridgehead atoms. The topological polar surface area (TPSA) is 68.7 Å². The zero-order valence-electron chi connectivity index (χ0n) is 31.5. The van der Waals surface area contributed by atoms with Crippen LogP contribution < -0.4 is 51.4 Å². The molecule has 0 atom stereocenters. The molecule has 7 rings (SSSR count). The summed E-state index contributed by atoms with van der Waals surface area (Å²) in [6.07, 6.45) is 6.87. The molecular weight excluding hydrogens is 696 g/mol. The van der Waals surface area contributed by atoms with Gasteiger partial charge in [-0.1, -0.05) is 165 Å². The molecule has 54 heavy (non-hydrogen) atoms. The quantitative estimate of drug-likeness (QED) is 0.0815. The number of aliphatic hydroxyl groups excluding tert-OH is 2. The fourth-order valence-corrected chi connectivity index (χ4v) is 5.67. The minimum Gasteiger partial charge on any atom is -0.395 e. The fourth-order valence-electron chi connectivity index (χ4n) is 5.67. The summed E-state index contributed by atoms with van der Waals surface area (Å²) in [5, 5.41) is 17.9. The van der Waals surface area contributed by atoms with Crippen LogP contribution in [0.5, 0.6) is 0 Å². The normalized spacial score (nSPS) is 11.9. The first-order valence-corrected chi connectivity index (χ1v) is 18.5. The Labute approximate surface area is 367 Å². The number of nitrogens with zero attached hydrogens (tertiary/aromatic N) is 2. The second-order valence-electron chi connectivity index (χ2n) is 12.7. The first kappa shape index (κ1) is 47.4. The molecule has 7 heteroatoms. The van der Waals surface area contributed by atoms with E-state index >= 15 is 0 Å². The minimum absolute atomic E-state index is 0. The Morgan fingerprint density at radius 1 is 0.519 bits per heavy atom. The average molecular weight is 756 g/mol. The van der Waals surface area contributed by atoms with Gasteiger partial charge in [0.05, 0.1) is 39.6 Å². The molecule has 1 saturated heterocycles. The fraction of sp³-hybridized carbons (Fsp3) is 0.319. The summed E-state index contributed by atoms with van der Waals surface area (Å²) in [5.74, 6) is 0. The van der Waals surface area contributed by atoms with E-state index in [9.17, 15) is 0 Å². The monoisotopic (exact) mass is 755 g/mol. The van der Waals surface area contributed by atoms with Gasteiger partial charge in [-0.15, -0.1) is 0 Å². The molecule has 0 unspecified atom stereocenters. The number of aliphatic hydroxyl groups is 2. The smallest absolute Gasteiger partial charge is 0.395 e. The van der Waals surface area contributed by atoms with Gasteiger partial charge in [0, 0.05) is 39.3 Å². The van der Waals surface area contributed by atoms with Crippen LogP contribution in [0.3, 0.4) is 0 Å². The van der Waals surface area contributed by atoms with Crippen molar-refractivity contribution < 1.29 is 71.1 Å². The third-order valence-corrected chi connectivity index (χ3v) is 8.34. The number of hydrogen-bond acceptors (Lipinski definition) is 6. The molecule has 0 spiro atoms. The first-order chi connectivity index (χ1) is 25.7. The molecule has 5 aromatic rings. The van der Waals surface area contributed by atoms with Crippen molar-refractivity contribution in [2.24, 2.45) is 0 Å². The third-order valence-electron chi connectivity index (χ3n) is 8.34. The number of rotatable bonds is 15. The van der Waals surface area contributed by atoms with Crippen molar-refractivity contribution in [2.45, 2.75) is 46.4 Å². The Kier molecular flexibility index (Phi) is 26.7. The van der Waals surface area contributed by atoms with E-state index in [0.717, 1.165) is 45.9 Å². The standard InChI is InChI=1S/C18H23NO2.C16H19NO.C10H10.C2H4O.CH4.K/c20-12-14-21-13-11-19(15-17-7-3-1-4-8-17)16-18-9-5-2-6-10-18;18-12-11-17(13-15-7-3-1-4-8-15)14-16-9-5-2-6-10-16;1-2-6-10-8-4-3-7-9(10)5-1;1-2-3-1;;/h1-10,20H,11-16H2;1-10,18H,11-14H2;1-3,5-7H,4,8H2;1-2H2;1H4;/q;;;;;+1. The summed E-state index contributed by atoms with van der Waals surface area (Å²) < 4.78 is 9.90. The molecule has 282 valence electrons. The van der Waals surface area contributed by atoms with E-state index in [0.29, 0.717) is 19.8 Å². The SMILES string of the molecule is C.C1=Cc2ccccc2CC1.C1CO1.OCCN(Cc1ccccc1)Cc1ccccc1.OCCOCCN(Cc1ccccc1)Cc1ccccc1.[K+]. The number of aryl methyl sites for hydroxylation is 1. The number of fused-ring (bicyclic) bond motifs is 1. The number of allylic oxidation sites excluding steroid dienone is 1. The van der Waals surface area contributed by atoms with Crippen LogP contribution in [0.1, 0.15) is 47.2 Å². The van der Waals surface area contributed by atoms with E-state index in [1.54, 1.807) is 0 Å². The van der Waals surface area contributed by atoms with Gasteiger partial charge in [-0.05, 0) is 46.2 Å². The van der Waals surface area contributed by atoms with E-state index in [4.69, 9.17) is 14.9 Å². The maximum atomic E-state index is 9.15. The molecule has 2 aliphatic rings. The molecular formula is C47H60KN2O4+. The second kappa shape index (κ2) is 30.5. The summed E-state index contributed by atoms with van der Waals surface area (Å²) in [6, 6.07) is 50.2. The molecule has 1 heterocycles. The van der Waals surface area contributed by atoms with Crippen LogP contribution in [0.15, 0.2) is 152 Å². The predicted octanol–water partition coefficient (Wildman–Crippen LogP) is 5.68. The average Bonchev–Trinajstić information content (AvgIpc) is 4.09. The predicted molar refractivity (Wildman–Crippen MR) is 220 cm³/mol. The Balaban J connectivity index is 0.000000276. The van der Waals surface area contributed by atoms with Gasteiger partial charge in [0.25, 0.3) is 0 Å². The van der Waals surface area contributed by atoms with Crippen molar-refractivity contribution in [2.75, 3.05) is 52.7 Å². The molecule has 1 fully saturated rings. The van der Waals surface area contributed by atoms with Crippen LogP contribution in [0, 0.1) is 0 Å². The van der Waals surface area contributed by atoms with E-state index in [2.05, 4.69) is 148 Å². The van der Waals surface area contributed by atoms with Crippen LogP contribution in [-0.4, -0.2) is 72.7 Å². The molecule has 1 aliphatic heterocycles. The second-order valence-corrected chi connectivity index (χ2v) is 12.7. The van der Waals surface area contributed by atoms with Gasteiger partial charge in [0.2, 0.25) is 0 Å². The van der Waals surface area contributed by atoms with Gasteiger partial charge in [0.1, 0.15) is 0 Å². The Hall–Kier alpha value is -2.76. The van der Waals surface area contributed by atoms with Gasteiger partial charge in [-0.3, -0.25) is 9.80 Å². The summed E-state index contributed by atoms with van der Waals surface area (Å²) in [4.78, 5) is 4.62. The Bertz CT molecular complexity index is 1540. The van der Waals surface area contributed by atoms with Crippen LogP contribution in [-0.2, 0) is 42.1 Å². The van der Waals surface area contributed by atoms with Crippen molar-refractivity contribution in [1.82, 2.24) is 9.80 Å². The number of ether oxygens (including phenoxy) is 2. The summed E-state index contributed by atoms with van der Waals surface area (Å²) in [6.45, 7) is 8.42. The largest absolute Gasteiger partial charge is 1.00 e. The van der Waals surface area contributed by atoms with Crippen LogP contribution >= 0.6 is 0 Å². The number of epoxide rings is 1. The molecule has 5 aromatic carbocycles. The first-order valence-electron chi connectivity index (χ1n) is 18.5. The van der Waals surface area contributed by atoms with Crippen molar-refractivity contribution in [3.63, 3.8) is 0 Å². The number of hydrogen-bond donors (Lipinski definition) is 2. The molecule has 0 aromatic heterocycles. The van der Waals surface area contributed by atoms with E-state index in [1.165, 1.54) is 46.2 Å². The van der Waals surface area contributed by atoms with Gasteiger partial charge < -0.3 is 19.7 Å². The van der Waals surface area contributed by atoms with Crippen molar-refractivity contribution in [3.8, 4) is 0 Å². The van der Waals surface area contributed by atoms with Crippen LogP contribution in [0.2, 0.25) is 0 Å². The molecule has 0 saturated carbocycles. The van der Waals surface area contributed by atoms with Gasteiger partial charge in [0.15, 0.2) is 0 Å². The molecule has 6 nitrogen and oxygen atoms in total. The molecule has 0 radical (unpaired) electrons. The van der Waals surface area contributed by atoms with Crippen molar-refractivity contribution >= 4 is 6.08 Å². The Morgan fingerprint density at radius 3 is 1.31 bits per heavy atom. The van der Waals surface area contributed by atoms with Crippen LogP contribution in [0.25, 0.3) is 6.08 Å². The van der Waals surface area contributed by atoms with Gasteiger partial charge >= 0.3 is 51.4 Å². The maximum absolute atomic E-state index is 9.15. The summed E-state index contributed by atoms with van der Waals surface area (Å²) in [5.41, 5.74) is 8.05. The van der Waals surface area contributed by atoms with Crippen molar-refractivity contribution in [3.05, 3.63) is 185 Å².